The Balaban J connectivity index is 1.50. The summed E-state index contributed by atoms with van der Waals surface area (Å²) in [5, 5.41) is 13.2. The van der Waals surface area contributed by atoms with E-state index in [1.54, 1.807) is 24.3 Å². The Kier molecular flexibility index (Phi) is 5.38. The highest BCUT2D eigenvalue weighted by molar-refractivity contribution is 6.31. The van der Waals surface area contributed by atoms with Crippen molar-refractivity contribution in [2.75, 3.05) is 13.3 Å². The quantitative estimate of drug-likeness (QED) is 0.741. The molecule has 0 bridgehead atoms. The van der Waals surface area contributed by atoms with E-state index in [1.165, 1.54) is 17.4 Å². The third-order valence-electron chi connectivity index (χ3n) is 6.37. The van der Waals surface area contributed by atoms with Crippen molar-refractivity contribution in [3.8, 4) is 17.2 Å². The topological polar surface area (TPSA) is 72.3 Å². The number of carbonyl (C=O) groups is 1. The number of benzene rings is 2. The number of piperidine rings is 1. The molecule has 31 heavy (non-hydrogen) atoms. The average Bonchev–Trinajstić information content (AvgIpc) is 3.07. The van der Waals surface area contributed by atoms with Gasteiger partial charge in [0, 0.05) is 21.7 Å². The third-order valence-corrected chi connectivity index (χ3v) is 6.59. The number of quaternary nitrogens is 1. The van der Waals surface area contributed by atoms with Crippen molar-refractivity contribution in [2.45, 2.75) is 45.4 Å². The Labute approximate surface area is 186 Å². The molecule has 162 valence electrons. The highest BCUT2D eigenvalue weighted by Gasteiger charge is 2.33. The van der Waals surface area contributed by atoms with Gasteiger partial charge in [0.2, 0.25) is 5.78 Å². The van der Waals surface area contributed by atoms with Crippen LogP contribution in [0.1, 0.15) is 53.2 Å². The molecule has 1 fully saturated rings. The molecule has 3 heterocycles. The van der Waals surface area contributed by atoms with Crippen LogP contribution in [0.2, 0.25) is 5.02 Å². The van der Waals surface area contributed by atoms with Crippen LogP contribution >= 0.6 is 11.6 Å². The predicted octanol–water partition coefficient (Wildman–Crippen LogP) is 2.85. The Morgan fingerprint density at radius 2 is 2.13 bits per heavy atom. The highest BCUT2D eigenvalue weighted by atomic mass is 35.5. The highest BCUT2D eigenvalue weighted by Crippen LogP contribution is 2.40. The summed E-state index contributed by atoms with van der Waals surface area (Å²) in [6.07, 6.45) is 5.16. The van der Waals surface area contributed by atoms with E-state index in [1.807, 2.05) is 0 Å². The van der Waals surface area contributed by atoms with Crippen molar-refractivity contribution in [1.29, 1.82) is 0 Å². The van der Waals surface area contributed by atoms with Gasteiger partial charge < -0.3 is 24.2 Å². The zero-order valence-electron chi connectivity index (χ0n) is 17.3. The molecule has 2 unspecified atom stereocenters. The van der Waals surface area contributed by atoms with Crippen LogP contribution in [0.15, 0.2) is 30.0 Å². The summed E-state index contributed by atoms with van der Waals surface area (Å²) in [4.78, 5) is 14.4. The van der Waals surface area contributed by atoms with E-state index in [0.717, 1.165) is 24.9 Å². The van der Waals surface area contributed by atoms with Crippen LogP contribution in [0, 0.1) is 0 Å². The Morgan fingerprint density at radius 1 is 1.26 bits per heavy atom. The van der Waals surface area contributed by atoms with Gasteiger partial charge in [0.15, 0.2) is 12.6 Å². The number of hydrogen-bond donors (Lipinski definition) is 1. The lowest BCUT2D eigenvalue weighted by Crippen LogP contribution is -3.14. The normalized spacial score (nSPS) is 23.8. The lowest BCUT2D eigenvalue weighted by atomic mass is 10.0. The fourth-order valence-corrected chi connectivity index (χ4v) is 4.91. The molecule has 0 aromatic heterocycles. The summed E-state index contributed by atoms with van der Waals surface area (Å²) in [6, 6.07) is 7.05. The third kappa shape index (κ3) is 3.80. The molecule has 0 amide bonds. The van der Waals surface area contributed by atoms with Gasteiger partial charge in [-0.05, 0) is 50.5 Å². The zero-order chi connectivity index (χ0) is 21.5. The van der Waals surface area contributed by atoms with E-state index < -0.39 is 0 Å². The van der Waals surface area contributed by atoms with Crippen molar-refractivity contribution in [2.24, 2.45) is 0 Å². The van der Waals surface area contributed by atoms with E-state index in [0.29, 0.717) is 52.4 Å². The fourth-order valence-electron chi connectivity index (χ4n) is 4.66. The molecular weight excluding hydrogens is 418 g/mol. The largest absolute Gasteiger partial charge is 0.872 e. The first-order valence-electron chi connectivity index (χ1n) is 10.7. The van der Waals surface area contributed by atoms with Gasteiger partial charge in [-0.15, -0.1) is 0 Å². The summed E-state index contributed by atoms with van der Waals surface area (Å²) in [7, 11) is 0. The number of fused-ring (bicyclic) bond motifs is 2. The minimum Gasteiger partial charge on any atom is -0.872 e. The predicted molar refractivity (Wildman–Crippen MR) is 113 cm³/mol. The van der Waals surface area contributed by atoms with Gasteiger partial charge in [0.1, 0.15) is 18.0 Å². The molecule has 2 aromatic rings. The summed E-state index contributed by atoms with van der Waals surface area (Å²) < 4.78 is 17.0. The van der Waals surface area contributed by atoms with Gasteiger partial charge in [-0.25, -0.2) is 0 Å². The van der Waals surface area contributed by atoms with Crippen LogP contribution in [0.25, 0.3) is 6.08 Å². The standard InChI is InChI=1S/C24H24ClNO5/c1-14-4-2-3-7-26(14)11-19-20(27)6-5-18-22(28)21(31-24(18)19)10-15-8-17(25)9-16-12-29-13-30-23(15)16/h5-6,8-10,14,27H,2-4,7,11-13H2,1H3/b21-10-. The van der Waals surface area contributed by atoms with Crippen LogP contribution in [-0.4, -0.2) is 25.2 Å². The number of ketones is 1. The molecular formula is C24H24ClNO5. The first-order valence-corrected chi connectivity index (χ1v) is 11.0. The van der Waals surface area contributed by atoms with Gasteiger partial charge >= 0.3 is 0 Å². The molecule has 0 radical (unpaired) electrons. The van der Waals surface area contributed by atoms with E-state index in [9.17, 15) is 9.90 Å². The Hall–Kier alpha value is -2.54. The maximum Gasteiger partial charge on any atom is 0.231 e. The molecule has 5 rings (SSSR count). The summed E-state index contributed by atoms with van der Waals surface area (Å²) >= 11 is 6.25. The number of hydrogen-bond acceptors (Lipinski definition) is 5. The molecule has 1 saturated heterocycles. The zero-order valence-corrected chi connectivity index (χ0v) is 18.1. The molecule has 1 N–H and O–H groups in total. The molecule has 0 spiro atoms. The van der Waals surface area contributed by atoms with Gasteiger partial charge in [-0.2, -0.15) is 0 Å². The van der Waals surface area contributed by atoms with E-state index in [2.05, 4.69) is 6.92 Å². The van der Waals surface area contributed by atoms with Crippen LogP contribution in [0.4, 0.5) is 0 Å². The molecule has 0 saturated carbocycles. The maximum atomic E-state index is 13.1. The molecule has 6 nitrogen and oxygen atoms in total. The van der Waals surface area contributed by atoms with Crippen molar-refractivity contribution in [1.82, 2.24) is 0 Å². The molecule has 2 aromatic carbocycles. The van der Waals surface area contributed by atoms with E-state index in [4.69, 9.17) is 25.8 Å². The second kappa shape index (κ2) is 8.19. The van der Waals surface area contributed by atoms with Crippen LogP contribution in [-0.2, 0) is 17.9 Å². The van der Waals surface area contributed by atoms with E-state index in [-0.39, 0.29) is 24.1 Å². The SMILES string of the molecule is CC1CCCC[NH+]1Cc1c([O-])ccc2c1O/C(=C\c1cc(Cl)cc3c1OCOC3)C2=O. The Morgan fingerprint density at radius 3 is 2.97 bits per heavy atom. The molecule has 3 aliphatic heterocycles. The lowest BCUT2D eigenvalue weighted by molar-refractivity contribution is -0.942. The molecule has 3 aliphatic rings. The van der Waals surface area contributed by atoms with Crippen LogP contribution in [0.5, 0.6) is 17.2 Å². The molecule has 0 aliphatic carbocycles. The molecule has 2 atom stereocenters. The number of halogens is 1. The lowest BCUT2D eigenvalue weighted by Gasteiger charge is -2.31. The minimum absolute atomic E-state index is 0.0845. The Bertz CT molecular complexity index is 1080. The number of ether oxygens (including phenoxy) is 3. The van der Waals surface area contributed by atoms with E-state index >= 15 is 0 Å². The minimum atomic E-state index is -0.237. The number of likely N-dealkylation sites (tertiary alicyclic amines) is 1. The number of rotatable bonds is 3. The van der Waals surface area contributed by atoms with Crippen molar-refractivity contribution in [3.05, 3.63) is 57.3 Å². The van der Waals surface area contributed by atoms with Crippen LogP contribution < -0.4 is 19.5 Å². The van der Waals surface area contributed by atoms with Gasteiger partial charge in [0.05, 0.1) is 24.8 Å². The average molecular weight is 442 g/mol. The number of carbonyl (C=O) groups excluding carboxylic acids is 1. The maximum absolute atomic E-state index is 13.1. The first-order chi connectivity index (χ1) is 15.0. The van der Waals surface area contributed by atoms with Gasteiger partial charge in [0.25, 0.3) is 0 Å². The molecule has 7 heteroatoms. The number of allylic oxidation sites excluding steroid dienone is 1. The fraction of sp³-hybridized carbons (Fsp3) is 0.375. The first kappa shape index (κ1) is 20.4. The summed E-state index contributed by atoms with van der Waals surface area (Å²) in [5.41, 5.74) is 2.49. The van der Waals surface area contributed by atoms with Crippen molar-refractivity contribution < 1.29 is 29.0 Å². The van der Waals surface area contributed by atoms with Gasteiger partial charge in [-0.3, -0.25) is 4.79 Å². The number of nitrogens with one attached hydrogen (secondary N) is 1. The van der Waals surface area contributed by atoms with Crippen molar-refractivity contribution >= 4 is 23.5 Å². The number of Topliss-reactive ketones (excluding diaryl/α,β-unsaturated/α-hetero) is 1. The van der Waals surface area contributed by atoms with Crippen molar-refractivity contribution in [3.63, 3.8) is 0 Å². The monoisotopic (exact) mass is 441 g/mol. The van der Waals surface area contributed by atoms with Crippen LogP contribution in [0.3, 0.4) is 0 Å². The smallest absolute Gasteiger partial charge is 0.231 e. The second-order valence-electron chi connectivity index (χ2n) is 8.43. The second-order valence-corrected chi connectivity index (χ2v) is 8.87. The van der Waals surface area contributed by atoms with Gasteiger partial charge in [-0.1, -0.05) is 23.4 Å². The summed E-state index contributed by atoms with van der Waals surface area (Å²) in [6.45, 7) is 4.33. The summed E-state index contributed by atoms with van der Waals surface area (Å²) in [5.74, 6) is 0.876.